The summed E-state index contributed by atoms with van der Waals surface area (Å²) in [6.07, 6.45) is 10.4. The Kier molecular flexibility index (Phi) is 4.75. The zero-order valence-electron chi connectivity index (χ0n) is 11.3. The first-order valence-electron chi connectivity index (χ1n) is 7.04. The number of alkyl halides is 1. The molecule has 106 valence electrons. The molecule has 1 fully saturated rings. The maximum absolute atomic E-state index is 11.1. The fraction of sp³-hybridized carbons (Fsp3) is 0.667. The lowest BCUT2D eigenvalue weighted by Gasteiger charge is -2.46. The lowest BCUT2D eigenvalue weighted by molar-refractivity contribution is -0.105. The van der Waals surface area contributed by atoms with Crippen molar-refractivity contribution in [3.8, 4) is 0 Å². The molecule has 0 aromatic heterocycles. The fourth-order valence-corrected chi connectivity index (χ4v) is 4.03. The molecule has 1 aliphatic carbocycles. The van der Waals surface area contributed by atoms with E-state index in [1.54, 1.807) is 12.2 Å². The Balaban J connectivity index is 2.32. The van der Waals surface area contributed by atoms with Gasteiger partial charge in [-0.1, -0.05) is 37.4 Å². The number of hydrogen-bond donors (Lipinski definition) is 1. The highest BCUT2D eigenvalue weighted by Gasteiger charge is 2.53. The van der Waals surface area contributed by atoms with Crippen LogP contribution >= 0.6 is 23.2 Å². The normalized spacial score (nSPS) is 34.9. The molecule has 2 atom stereocenters. The van der Waals surface area contributed by atoms with E-state index in [1.165, 1.54) is 0 Å². The van der Waals surface area contributed by atoms with Crippen LogP contribution < -0.4 is 5.32 Å². The smallest absolute Gasteiger partial charge is 0.146 e. The van der Waals surface area contributed by atoms with Crippen molar-refractivity contribution >= 4 is 29.5 Å². The third-order valence-corrected chi connectivity index (χ3v) is 5.63. The molecule has 19 heavy (non-hydrogen) atoms. The van der Waals surface area contributed by atoms with Crippen molar-refractivity contribution in [3.05, 3.63) is 22.8 Å². The van der Waals surface area contributed by atoms with Crippen molar-refractivity contribution in [3.63, 3.8) is 0 Å². The minimum absolute atomic E-state index is 0.180. The lowest BCUT2D eigenvalue weighted by Crippen LogP contribution is -2.57. The first-order chi connectivity index (χ1) is 9.08. The average molecular weight is 302 g/mol. The molecule has 2 unspecified atom stereocenters. The minimum Gasteiger partial charge on any atom is -0.309 e. The second-order valence-electron chi connectivity index (χ2n) is 5.57. The monoisotopic (exact) mass is 301 g/mol. The van der Waals surface area contributed by atoms with E-state index < -0.39 is 4.87 Å². The summed E-state index contributed by atoms with van der Waals surface area (Å²) in [5.41, 5.74) is 0.546. The maximum Gasteiger partial charge on any atom is 0.146 e. The predicted molar refractivity (Wildman–Crippen MR) is 80.8 cm³/mol. The van der Waals surface area contributed by atoms with E-state index in [0.717, 1.165) is 50.5 Å². The Morgan fingerprint density at radius 2 is 2.26 bits per heavy atom. The van der Waals surface area contributed by atoms with Crippen LogP contribution in [0.1, 0.15) is 45.4 Å². The highest BCUT2D eigenvalue weighted by molar-refractivity contribution is 6.40. The standard InChI is InChI=1S/C15H21Cl2NO/c1-2-3-7-14(8-4-9-18-14)15(17)10-12(11-19)5-6-13(15)16/h5-6,11,18H,2-4,7-10H2,1H3. The summed E-state index contributed by atoms with van der Waals surface area (Å²) >= 11 is 13.4. The van der Waals surface area contributed by atoms with E-state index in [0.29, 0.717) is 11.5 Å². The van der Waals surface area contributed by atoms with Crippen LogP contribution in [0.5, 0.6) is 0 Å². The Morgan fingerprint density at radius 3 is 2.84 bits per heavy atom. The van der Waals surface area contributed by atoms with E-state index >= 15 is 0 Å². The Labute approximate surface area is 125 Å². The number of nitrogens with one attached hydrogen (secondary N) is 1. The molecular formula is C15H21Cl2NO. The zero-order valence-corrected chi connectivity index (χ0v) is 12.9. The molecule has 0 bridgehead atoms. The summed E-state index contributed by atoms with van der Waals surface area (Å²) in [5.74, 6) is 0. The molecule has 0 spiro atoms. The number of rotatable bonds is 5. The van der Waals surface area contributed by atoms with Crippen LogP contribution in [0.2, 0.25) is 0 Å². The molecule has 1 heterocycles. The van der Waals surface area contributed by atoms with Crippen molar-refractivity contribution in [2.24, 2.45) is 0 Å². The van der Waals surface area contributed by atoms with Gasteiger partial charge in [-0.05, 0) is 37.5 Å². The molecule has 2 nitrogen and oxygen atoms in total. The van der Waals surface area contributed by atoms with Gasteiger partial charge in [0.1, 0.15) is 11.2 Å². The molecule has 1 N–H and O–H groups in total. The summed E-state index contributed by atoms with van der Waals surface area (Å²) in [6.45, 7) is 3.15. The van der Waals surface area contributed by atoms with Crippen LogP contribution in [0.25, 0.3) is 0 Å². The zero-order chi connectivity index (χ0) is 13.9. The van der Waals surface area contributed by atoms with Gasteiger partial charge in [-0.3, -0.25) is 4.79 Å². The van der Waals surface area contributed by atoms with Gasteiger partial charge in [0.05, 0.1) is 0 Å². The van der Waals surface area contributed by atoms with Crippen molar-refractivity contribution < 1.29 is 4.79 Å². The highest BCUT2D eigenvalue weighted by atomic mass is 35.5. The van der Waals surface area contributed by atoms with Gasteiger partial charge in [0, 0.05) is 17.0 Å². The second-order valence-corrected chi connectivity index (χ2v) is 6.62. The number of carbonyl (C=O) groups is 1. The van der Waals surface area contributed by atoms with Gasteiger partial charge in [-0.15, -0.1) is 11.6 Å². The quantitative estimate of drug-likeness (QED) is 0.616. The Bertz CT molecular complexity index is 410. The molecule has 1 aliphatic heterocycles. The molecule has 2 rings (SSSR count). The predicted octanol–water partition coefficient (Wildman–Crippen LogP) is 3.93. The van der Waals surface area contributed by atoms with Crippen LogP contribution in [0.4, 0.5) is 0 Å². The van der Waals surface area contributed by atoms with E-state index in [1.807, 2.05) is 0 Å². The summed E-state index contributed by atoms with van der Waals surface area (Å²) < 4.78 is 0. The first-order valence-corrected chi connectivity index (χ1v) is 7.79. The number of allylic oxidation sites excluding steroid dienone is 3. The van der Waals surface area contributed by atoms with Crippen molar-refractivity contribution in [2.75, 3.05) is 6.54 Å². The number of aldehydes is 1. The molecule has 0 amide bonds. The Morgan fingerprint density at radius 1 is 1.47 bits per heavy atom. The molecular weight excluding hydrogens is 281 g/mol. The molecule has 2 aliphatic rings. The van der Waals surface area contributed by atoms with Gasteiger partial charge in [0.25, 0.3) is 0 Å². The minimum atomic E-state index is -0.675. The summed E-state index contributed by atoms with van der Waals surface area (Å²) in [6, 6.07) is 0. The maximum atomic E-state index is 11.1. The molecule has 0 aromatic carbocycles. The van der Waals surface area contributed by atoms with Crippen molar-refractivity contribution in [1.29, 1.82) is 0 Å². The lowest BCUT2D eigenvalue weighted by atomic mass is 9.73. The number of carbonyl (C=O) groups excluding carboxylic acids is 1. The van der Waals surface area contributed by atoms with Crippen LogP contribution in [0.15, 0.2) is 22.8 Å². The van der Waals surface area contributed by atoms with Crippen molar-refractivity contribution in [2.45, 2.75) is 55.9 Å². The second kappa shape index (κ2) is 5.99. The van der Waals surface area contributed by atoms with Crippen LogP contribution in [-0.4, -0.2) is 23.2 Å². The number of hydrogen-bond acceptors (Lipinski definition) is 2. The van der Waals surface area contributed by atoms with E-state index in [9.17, 15) is 4.79 Å². The molecule has 0 aromatic rings. The first kappa shape index (κ1) is 15.1. The van der Waals surface area contributed by atoms with Gasteiger partial charge in [-0.25, -0.2) is 0 Å². The molecule has 0 saturated carbocycles. The summed E-state index contributed by atoms with van der Waals surface area (Å²) in [5, 5.41) is 4.25. The van der Waals surface area contributed by atoms with Gasteiger partial charge in [0.2, 0.25) is 0 Å². The molecule has 4 heteroatoms. The molecule has 0 radical (unpaired) electrons. The summed E-state index contributed by atoms with van der Waals surface area (Å²) in [4.78, 5) is 10.4. The van der Waals surface area contributed by atoms with Crippen LogP contribution in [-0.2, 0) is 4.79 Å². The van der Waals surface area contributed by atoms with Crippen LogP contribution in [0, 0.1) is 0 Å². The third-order valence-electron chi connectivity index (χ3n) is 4.38. The number of unbranched alkanes of at least 4 members (excludes halogenated alkanes) is 1. The Hall–Kier alpha value is -0.310. The third kappa shape index (κ3) is 2.63. The van der Waals surface area contributed by atoms with E-state index in [4.69, 9.17) is 23.2 Å². The topological polar surface area (TPSA) is 29.1 Å². The summed E-state index contributed by atoms with van der Waals surface area (Å²) in [7, 11) is 0. The van der Waals surface area contributed by atoms with Crippen LogP contribution in [0.3, 0.4) is 0 Å². The van der Waals surface area contributed by atoms with Gasteiger partial charge >= 0.3 is 0 Å². The molecule has 1 saturated heterocycles. The van der Waals surface area contributed by atoms with Crippen molar-refractivity contribution in [1.82, 2.24) is 5.32 Å². The van der Waals surface area contributed by atoms with E-state index in [2.05, 4.69) is 12.2 Å². The van der Waals surface area contributed by atoms with Gasteiger partial charge < -0.3 is 5.32 Å². The largest absolute Gasteiger partial charge is 0.309 e. The fourth-order valence-electron chi connectivity index (χ4n) is 3.25. The average Bonchev–Trinajstić information content (AvgIpc) is 2.90. The SMILES string of the molecule is CCCCC1(C2(Cl)CC(C=O)=CC=C2Cl)CCCN1. The van der Waals surface area contributed by atoms with Gasteiger partial charge in [0.15, 0.2) is 0 Å². The number of halogens is 2. The van der Waals surface area contributed by atoms with Gasteiger partial charge in [-0.2, -0.15) is 0 Å². The highest BCUT2D eigenvalue weighted by Crippen LogP contribution is 2.50. The van der Waals surface area contributed by atoms with E-state index in [-0.39, 0.29) is 5.54 Å².